The van der Waals surface area contributed by atoms with Gasteiger partial charge in [0, 0.05) is 12.1 Å². The number of hydrogen-bond donors (Lipinski definition) is 1. The number of hydrogen-bond acceptors (Lipinski definition) is 4. The van der Waals surface area contributed by atoms with E-state index in [0.29, 0.717) is 29.1 Å². The van der Waals surface area contributed by atoms with E-state index >= 15 is 0 Å². The number of rotatable bonds is 5. The van der Waals surface area contributed by atoms with Crippen LogP contribution in [0.4, 0.5) is 5.69 Å². The van der Waals surface area contributed by atoms with Crippen molar-refractivity contribution in [1.29, 1.82) is 0 Å². The summed E-state index contributed by atoms with van der Waals surface area (Å²) in [4.78, 5) is 7.77. The van der Waals surface area contributed by atoms with Crippen molar-refractivity contribution in [2.45, 2.75) is 13.5 Å². The van der Waals surface area contributed by atoms with Crippen LogP contribution in [-0.2, 0) is 6.54 Å². The molecule has 1 aromatic heterocycles. The number of aromatic nitrogens is 2. The van der Waals surface area contributed by atoms with Crippen LogP contribution < -0.4 is 10.1 Å². The molecule has 1 aromatic carbocycles. The molecule has 4 nitrogen and oxygen atoms in total. The minimum Gasteiger partial charge on any atom is -0.494 e. The quantitative estimate of drug-likeness (QED) is 0.853. The summed E-state index contributed by atoms with van der Waals surface area (Å²) in [6.45, 7) is 3.10. The zero-order chi connectivity index (χ0) is 13.7. The molecule has 0 saturated carbocycles. The summed E-state index contributed by atoms with van der Waals surface area (Å²) in [5.74, 6) is 0.835. The molecule has 0 spiro atoms. The largest absolute Gasteiger partial charge is 0.494 e. The fraction of sp³-hybridized carbons (Fsp3) is 0.231. The number of anilines is 1. The van der Waals surface area contributed by atoms with Crippen LogP contribution in [-0.4, -0.2) is 16.6 Å². The molecule has 0 atom stereocenters. The van der Waals surface area contributed by atoms with Gasteiger partial charge in [-0.15, -0.1) is 0 Å². The van der Waals surface area contributed by atoms with Crippen molar-refractivity contribution >= 4 is 28.9 Å². The zero-order valence-corrected chi connectivity index (χ0v) is 11.9. The van der Waals surface area contributed by atoms with Crippen LogP contribution in [0.1, 0.15) is 12.5 Å². The minimum atomic E-state index is 0.300. The molecule has 0 radical (unpaired) electrons. The molecule has 1 N–H and O–H groups in total. The molecule has 0 aliphatic rings. The molecule has 19 heavy (non-hydrogen) atoms. The molecular weight excluding hydrogens is 285 g/mol. The number of nitrogens with zero attached hydrogens (tertiary/aromatic N) is 2. The van der Waals surface area contributed by atoms with Gasteiger partial charge in [0.15, 0.2) is 10.3 Å². The number of nitrogens with one attached hydrogen (secondary N) is 1. The van der Waals surface area contributed by atoms with Gasteiger partial charge in [-0.1, -0.05) is 41.4 Å². The summed E-state index contributed by atoms with van der Waals surface area (Å²) in [5.41, 5.74) is 1.54. The fourth-order valence-electron chi connectivity index (χ4n) is 1.62. The highest BCUT2D eigenvalue weighted by Crippen LogP contribution is 2.27. The second kappa shape index (κ2) is 6.59. The number of ether oxygens (including phenoxy) is 1. The highest BCUT2D eigenvalue weighted by atomic mass is 35.5. The third kappa shape index (κ3) is 3.49. The van der Waals surface area contributed by atoms with Crippen molar-refractivity contribution < 1.29 is 4.74 Å². The lowest BCUT2D eigenvalue weighted by Gasteiger charge is -2.12. The molecule has 0 fully saturated rings. The summed E-state index contributed by atoms with van der Waals surface area (Å²) in [6, 6.07) is 7.78. The second-order valence-electron chi connectivity index (χ2n) is 3.72. The lowest BCUT2D eigenvalue weighted by Crippen LogP contribution is -2.05. The summed E-state index contributed by atoms with van der Waals surface area (Å²) in [6.07, 6.45) is 1.32. The lowest BCUT2D eigenvalue weighted by atomic mass is 10.2. The Balaban J connectivity index is 2.15. The molecule has 0 bridgehead atoms. The molecule has 1 heterocycles. The maximum absolute atomic E-state index is 5.97. The van der Waals surface area contributed by atoms with Gasteiger partial charge in [-0.3, -0.25) is 0 Å². The molecule has 2 rings (SSSR count). The predicted octanol–water partition coefficient (Wildman–Crippen LogP) is 3.79. The van der Waals surface area contributed by atoms with E-state index < -0.39 is 0 Å². The van der Waals surface area contributed by atoms with E-state index in [9.17, 15) is 0 Å². The first-order valence-corrected chi connectivity index (χ1v) is 6.58. The van der Waals surface area contributed by atoms with E-state index in [1.54, 1.807) is 0 Å². The van der Waals surface area contributed by atoms with Gasteiger partial charge in [0.05, 0.1) is 6.61 Å². The molecule has 6 heteroatoms. The minimum absolute atomic E-state index is 0.300. The maximum Gasteiger partial charge on any atom is 0.157 e. The highest BCUT2D eigenvalue weighted by Gasteiger charge is 2.09. The third-order valence-corrected chi connectivity index (χ3v) is 3.06. The van der Waals surface area contributed by atoms with Gasteiger partial charge in [0.25, 0.3) is 0 Å². The van der Waals surface area contributed by atoms with Crippen LogP contribution in [0.5, 0.6) is 5.75 Å². The Morgan fingerprint density at radius 3 is 2.53 bits per heavy atom. The molecule has 0 saturated heterocycles. The average Bonchev–Trinajstić information content (AvgIpc) is 2.40. The molecule has 2 aromatic rings. The first kappa shape index (κ1) is 13.9. The Hall–Kier alpha value is -1.52. The van der Waals surface area contributed by atoms with E-state index in [2.05, 4.69) is 15.3 Å². The fourth-order valence-corrected chi connectivity index (χ4v) is 2.07. The van der Waals surface area contributed by atoms with Crippen molar-refractivity contribution in [3.63, 3.8) is 0 Å². The van der Waals surface area contributed by atoms with Crippen LogP contribution in [0.2, 0.25) is 10.3 Å². The summed E-state index contributed by atoms with van der Waals surface area (Å²) in [7, 11) is 0. The Bertz CT molecular complexity index is 543. The number of para-hydroxylation sites is 1. The van der Waals surface area contributed by atoms with Gasteiger partial charge in [-0.2, -0.15) is 0 Å². The van der Waals surface area contributed by atoms with Crippen molar-refractivity contribution in [3.05, 3.63) is 46.5 Å². The monoisotopic (exact) mass is 297 g/mol. The molecule has 100 valence electrons. The lowest BCUT2D eigenvalue weighted by molar-refractivity contribution is 0.337. The molecule has 0 unspecified atom stereocenters. The van der Waals surface area contributed by atoms with Crippen molar-refractivity contribution in [3.8, 4) is 5.75 Å². The Morgan fingerprint density at radius 1 is 1.16 bits per heavy atom. The highest BCUT2D eigenvalue weighted by molar-refractivity contribution is 6.37. The normalized spacial score (nSPS) is 10.3. The maximum atomic E-state index is 5.97. The first-order chi connectivity index (χ1) is 9.22. The van der Waals surface area contributed by atoms with Crippen LogP contribution in [0, 0.1) is 0 Å². The molecular formula is C13H13Cl2N3O. The molecule has 0 amide bonds. The van der Waals surface area contributed by atoms with Crippen LogP contribution in [0.3, 0.4) is 0 Å². The Kier molecular flexibility index (Phi) is 4.82. The van der Waals surface area contributed by atoms with Crippen molar-refractivity contribution in [2.75, 3.05) is 11.9 Å². The SMILES string of the molecule is CCOc1ccccc1CNc1c(Cl)ncnc1Cl. The van der Waals surface area contributed by atoms with Gasteiger partial charge in [0.1, 0.15) is 17.8 Å². The van der Waals surface area contributed by atoms with E-state index in [0.717, 1.165) is 11.3 Å². The smallest absolute Gasteiger partial charge is 0.157 e. The van der Waals surface area contributed by atoms with E-state index in [-0.39, 0.29) is 0 Å². The predicted molar refractivity (Wildman–Crippen MR) is 77.0 cm³/mol. The van der Waals surface area contributed by atoms with Crippen LogP contribution in [0.25, 0.3) is 0 Å². The first-order valence-electron chi connectivity index (χ1n) is 5.83. The van der Waals surface area contributed by atoms with Gasteiger partial charge in [0.2, 0.25) is 0 Å². The van der Waals surface area contributed by atoms with Crippen LogP contribution in [0.15, 0.2) is 30.6 Å². The Morgan fingerprint density at radius 2 is 1.84 bits per heavy atom. The topological polar surface area (TPSA) is 47.0 Å². The third-order valence-electron chi connectivity index (χ3n) is 2.48. The van der Waals surface area contributed by atoms with Crippen LogP contribution >= 0.6 is 23.2 Å². The Labute approximate surface area is 121 Å². The van der Waals surface area contributed by atoms with Gasteiger partial charge in [-0.25, -0.2) is 9.97 Å². The zero-order valence-electron chi connectivity index (χ0n) is 10.4. The van der Waals surface area contributed by atoms with Gasteiger partial charge < -0.3 is 10.1 Å². The van der Waals surface area contributed by atoms with Gasteiger partial charge in [-0.05, 0) is 13.0 Å². The standard InChI is InChI=1S/C13H13Cl2N3O/c1-2-19-10-6-4-3-5-9(10)7-16-11-12(14)17-8-18-13(11)15/h3-6,8,16H,2,7H2,1H3. The average molecular weight is 298 g/mol. The number of halogens is 2. The summed E-state index contributed by atoms with van der Waals surface area (Å²) >= 11 is 11.9. The number of benzene rings is 1. The molecule has 0 aliphatic carbocycles. The van der Waals surface area contributed by atoms with Gasteiger partial charge >= 0.3 is 0 Å². The summed E-state index contributed by atoms with van der Waals surface area (Å²) in [5, 5.41) is 3.73. The summed E-state index contributed by atoms with van der Waals surface area (Å²) < 4.78 is 5.55. The van der Waals surface area contributed by atoms with E-state index in [4.69, 9.17) is 27.9 Å². The van der Waals surface area contributed by atoms with Crippen molar-refractivity contribution in [1.82, 2.24) is 9.97 Å². The second-order valence-corrected chi connectivity index (χ2v) is 4.44. The molecule has 0 aliphatic heterocycles. The van der Waals surface area contributed by atoms with E-state index in [1.165, 1.54) is 6.33 Å². The van der Waals surface area contributed by atoms with E-state index in [1.807, 2.05) is 31.2 Å². The van der Waals surface area contributed by atoms with Crippen molar-refractivity contribution in [2.24, 2.45) is 0 Å².